The first-order valence-electron chi connectivity index (χ1n) is 7.00. The third kappa shape index (κ3) is 3.85. The molecule has 0 bridgehead atoms. The molecule has 12 heteroatoms. The quantitative estimate of drug-likeness (QED) is 0.649. The van der Waals surface area contributed by atoms with Crippen LogP contribution in [0.3, 0.4) is 0 Å². The highest BCUT2D eigenvalue weighted by Crippen LogP contribution is 2.23. The zero-order chi connectivity index (χ0) is 19.5. The van der Waals surface area contributed by atoms with Gasteiger partial charge in [-0.05, 0) is 19.1 Å². The molecule has 0 fully saturated rings. The third-order valence-corrected chi connectivity index (χ3v) is 4.48. The average molecular weight is 381 g/mol. The summed E-state index contributed by atoms with van der Waals surface area (Å²) in [5.74, 6) is -2.15. The van der Waals surface area contributed by atoms with Crippen LogP contribution in [0.5, 0.6) is 6.01 Å². The second-order valence-corrected chi connectivity index (χ2v) is 6.48. The Morgan fingerprint density at radius 1 is 1.15 bits per heavy atom. The number of methoxy groups -OCH3 is 2. The zero-order valence-electron chi connectivity index (χ0n) is 14.0. The maximum absolute atomic E-state index is 12.7. The van der Waals surface area contributed by atoms with Gasteiger partial charge in [-0.2, -0.15) is 15.0 Å². The van der Waals surface area contributed by atoms with Crippen molar-refractivity contribution in [2.24, 2.45) is 5.73 Å². The zero-order valence-corrected chi connectivity index (χ0v) is 14.8. The van der Waals surface area contributed by atoms with Crippen LogP contribution in [0.2, 0.25) is 0 Å². The van der Waals surface area contributed by atoms with Gasteiger partial charge >= 0.3 is 12.0 Å². The van der Waals surface area contributed by atoms with Gasteiger partial charge in [-0.1, -0.05) is 6.07 Å². The molecule has 1 amide bonds. The smallest absolute Gasteiger partial charge is 0.340 e. The predicted octanol–water partition coefficient (Wildman–Crippen LogP) is -0.125. The summed E-state index contributed by atoms with van der Waals surface area (Å²) in [5, 5.41) is 0. The summed E-state index contributed by atoms with van der Waals surface area (Å²) in [6.07, 6.45) is 0. The van der Waals surface area contributed by atoms with Crippen LogP contribution in [0.15, 0.2) is 23.1 Å². The number of esters is 1. The van der Waals surface area contributed by atoms with Crippen molar-refractivity contribution in [1.82, 2.24) is 15.0 Å². The molecule has 1 aromatic carbocycles. The molecule has 0 atom stereocenters. The van der Waals surface area contributed by atoms with E-state index >= 15 is 0 Å². The van der Waals surface area contributed by atoms with E-state index in [1.165, 1.54) is 26.2 Å². The number of carbonyl (C=O) groups is 2. The molecule has 26 heavy (non-hydrogen) atoms. The van der Waals surface area contributed by atoms with Crippen molar-refractivity contribution in [3.05, 3.63) is 35.2 Å². The van der Waals surface area contributed by atoms with Crippen molar-refractivity contribution in [1.29, 1.82) is 0 Å². The number of rotatable bonds is 6. The summed E-state index contributed by atoms with van der Waals surface area (Å²) < 4.78 is 37.0. The molecule has 0 unspecified atom stereocenters. The molecular formula is C14H15N5O6S. The van der Waals surface area contributed by atoms with E-state index in [1.807, 2.05) is 0 Å². The van der Waals surface area contributed by atoms with Crippen LogP contribution in [0.1, 0.15) is 26.5 Å². The molecule has 1 aromatic heterocycles. The second kappa shape index (κ2) is 7.31. The number of nitrogens with zero attached hydrogens (tertiary/aromatic N) is 3. The number of sulfonamides is 1. The van der Waals surface area contributed by atoms with Gasteiger partial charge in [0.25, 0.3) is 10.0 Å². The summed E-state index contributed by atoms with van der Waals surface area (Å²) in [5.41, 5.74) is 4.42. The lowest BCUT2D eigenvalue weighted by Crippen LogP contribution is -2.23. The monoisotopic (exact) mass is 381 g/mol. The Labute approximate surface area is 148 Å². The summed E-state index contributed by atoms with van der Waals surface area (Å²) in [7, 11) is -2.01. The van der Waals surface area contributed by atoms with Crippen LogP contribution in [0.25, 0.3) is 0 Å². The molecule has 0 saturated heterocycles. The molecule has 0 aliphatic carbocycles. The average Bonchev–Trinajstić information content (AvgIpc) is 2.59. The number of carbonyl (C=O) groups excluding carboxylic acids is 2. The molecule has 2 rings (SSSR count). The lowest BCUT2D eigenvalue weighted by atomic mass is 10.1. The highest BCUT2D eigenvalue weighted by Gasteiger charge is 2.28. The molecule has 0 radical (unpaired) electrons. The van der Waals surface area contributed by atoms with Gasteiger partial charge in [0.05, 0.1) is 25.3 Å². The molecule has 0 aliphatic heterocycles. The van der Waals surface area contributed by atoms with E-state index in [0.29, 0.717) is 0 Å². The van der Waals surface area contributed by atoms with Gasteiger partial charge in [0, 0.05) is 0 Å². The minimum atomic E-state index is -4.36. The summed E-state index contributed by atoms with van der Waals surface area (Å²) in [6, 6.07) is 3.49. The maximum Gasteiger partial charge on any atom is 0.340 e. The van der Waals surface area contributed by atoms with E-state index in [1.54, 1.807) is 0 Å². The van der Waals surface area contributed by atoms with Crippen LogP contribution in [0, 0.1) is 6.92 Å². The SMILES string of the molecule is COC(=O)c1c(C(N)=O)cccc1S(=O)(=O)Nc1nc(C)nc(OC)n1. The number of aromatic nitrogens is 3. The standard InChI is InChI=1S/C14H15N5O6S/c1-7-16-13(18-14(17-7)25-3)19-26(22,23)9-6-4-5-8(11(15)20)10(9)12(21)24-2/h4-6H,1-3H3,(H2,15,20)(H,16,17,18,19). The van der Waals surface area contributed by atoms with Gasteiger partial charge in [-0.15, -0.1) is 0 Å². The van der Waals surface area contributed by atoms with Crippen LogP contribution in [-0.4, -0.2) is 49.5 Å². The van der Waals surface area contributed by atoms with Gasteiger partial charge in [0.2, 0.25) is 11.9 Å². The number of amides is 1. The van der Waals surface area contributed by atoms with Crippen molar-refractivity contribution in [3.63, 3.8) is 0 Å². The van der Waals surface area contributed by atoms with Gasteiger partial charge < -0.3 is 15.2 Å². The Hall–Kier alpha value is -3.28. The molecular weight excluding hydrogens is 366 g/mol. The number of aryl methyl sites for hydroxylation is 1. The van der Waals surface area contributed by atoms with Gasteiger partial charge in [0.1, 0.15) is 10.7 Å². The predicted molar refractivity (Wildman–Crippen MR) is 88.2 cm³/mol. The maximum atomic E-state index is 12.7. The minimum Gasteiger partial charge on any atom is -0.467 e. The largest absolute Gasteiger partial charge is 0.467 e. The lowest BCUT2D eigenvalue weighted by molar-refractivity contribution is 0.0592. The van der Waals surface area contributed by atoms with E-state index in [2.05, 4.69) is 24.4 Å². The lowest BCUT2D eigenvalue weighted by Gasteiger charge is -2.13. The first-order chi connectivity index (χ1) is 12.2. The Kier molecular flexibility index (Phi) is 5.35. The first kappa shape index (κ1) is 19.1. The highest BCUT2D eigenvalue weighted by molar-refractivity contribution is 7.92. The Bertz CT molecular complexity index is 976. The number of anilines is 1. The number of hydrogen-bond acceptors (Lipinski definition) is 9. The normalized spacial score (nSPS) is 10.9. The molecule has 0 aliphatic rings. The molecule has 1 heterocycles. The van der Waals surface area contributed by atoms with Gasteiger partial charge in [-0.3, -0.25) is 4.79 Å². The highest BCUT2D eigenvalue weighted by atomic mass is 32.2. The van der Waals surface area contributed by atoms with Gasteiger partial charge in [0.15, 0.2) is 0 Å². The van der Waals surface area contributed by atoms with Crippen molar-refractivity contribution in [2.75, 3.05) is 18.9 Å². The third-order valence-electron chi connectivity index (χ3n) is 3.11. The number of nitrogens with one attached hydrogen (secondary N) is 1. The molecule has 2 aromatic rings. The van der Waals surface area contributed by atoms with Crippen molar-refractivity contribution in [2.45, 2.75) is 11.8 Å². The number of nitrogens with two attached hydrogens (primary N) is 1. The van der Waals surface area contributed by atoms with Crippen molar-refractivity contribution >= 4 is 27.8 Å². The number of benzene rings is 1. The summed E-state index contributed by atoms with van der Waals surface area (Å²) >= 11 is 0. The Balaban J connectivity index is 2.59. The van der Waals surface area contributed by atoms with E-state index in [4.69, 9.17) is 10.5 Å². The van der Waals surface area contributed by atoms with Gasteiger partial charge in [-0.25, -0.2) is 17.9 Å². The number of ether oxygens (including phenoxy) is 2. The first-order valence-corrected chi connectivity index (χ1v) is 8.48. The fourth-order valence-corrected chi connectivity index (χ4v) is 3.20. The van der Waals surface area contributed by atoms with Crippen LogP contribution in [-0.2, 0) is 14.8 Å². The van der Waals surface area contributed by atoms with E-state index < -0.39 is 32.4 Å². The number of hydrogen-bond donors (Lipinski definition) is 2. The topological polar surface area (TPSA) is 163 Å². The van der Waals surface area contributed by atoms with E-state index in [-0.39, 0.29) is 23.3 Å². The van der Waals surface area contributed by atoms with Crippen LogP contribution >= 0.6 is 0 Å². The minimum absolute atomic E-state index is 0.103. The molecule has 0 spiro atoms. The Morgan fingerprint density at radius 2 is 1.85 bits per heavy atom. The molecule has 3 N–H and O–H groups in total. The van der Waals surface area contributed by atoms with Crippen molar-refractivity contribution in [3.8, 4) is 6.01 Å². The molecule has 138 valence electrons. The van der Waals surface area contributed by atoms with Crippen LogP contribution in [0.4, 0.5) is 5.95 Å². The van der Waals surface area contributed by atoms with E-state index in [9.17, 15) is 18.0 Å². The summed E-state index contributed by atoms with van der Waals surface area (Å²) in [6.45, 7) is 1.51. The fraction of sp³-hybridized carbons (Fsp3) is 0.214. The fourth-order valence-electron chi connectivity index (χ4n) is 2.04. The molecule has 0 saturated carbocycles. The second-order valence-electron chi connectivity index (χ2n) is 4.83. The Morgan fingerprint density at radius 3 is 2.42 bits per heavy atom. The van der Waals surface area contributed by atoms with Crippen LogP contribution < -0.4 is 15.2 Å². The van der Waals surface area contributed by atoms with Crippen molar-refractivity contribution < 1.29 is 27.5 Å². The summed E-state index contributed by atoms with van der Waals surface area (Å²) in [4.78, 5) is 34.5. The van der Waals surface area contributed by atoms with E-state index in [0.717, 1.165) is 13.2 Å². The molecule has 11 nitrogen and oxygen atoms in total. The number of primary amides is 1.